The number of hydrogen-bond acceptors (Lipinski definition) is 2. The monoisotopic (exact) mass is 264 g/mol. The van der Waals surface area contributed by atoms with Crippen molar-refractivity contribution < 1.29 is 4.74 Å². The molecular weight excluding hydrogens is 244 g/mol. The second kappa shape index (κ2) is 6.16. The van der Waals surface area contributed by atoms with Gasteiger partial charge < -0.3 is 15.4 Å². The average molecular weight is 264 g/mol. The highest BCUT2D eigenvalue weighted by atomic mass is 32.1. The second-order valence-electron chi connectivity index (χ2n) is 4.72. The molecule has 1 fully saturated rings. The van der Waals surface area contributed by atoms with Gasteiger partial charge in [0, 0.05) is 18.8 Å². The van der Waals surface area contributed by atoms with E-state index in [2.05, 4.69) is 30.5 Å². The first-order chi connectivity index (χ1) is 8.66. The molecule has 1 aromatic carbocycles. The first-order valence-electron chi connectivity index (χ1n) is 6.39. The minimum atomic E-state index is 0.309. The van der Waals surface area contributed by atoms with Gasteiger partial charge in [0.15, 0.2) is 5.11 Å². The Morgan fingerprint density at radius 2 is 2.28 bits per heavy atom. The molecule has 0 aromatic heterocycles. The molecule has 2 rings (SSSR count). The molecule has 1 saturated heterocycles. The molecule has 1 aliphatic heterocycles. The van der Waals surface area contributed by atoms with E-state index in [4.69, 9.17) is 17.0 Å². The van der Waals surface area contributed by atoms with Crippen LogP contribution in [0, 0.1) is 13.8 Å². The largest absolute Gasteiger partial charge is 0.376 e. The lowest BCUT2D eigenvalue weighted by Gasteiger charge is -2.15. The average Bonchev–Trinajstić information content (AvgIpc) is 2.86. The third-order valence-electron chi connectivity index (χ3n) is 3.37. The topological polar surface area (TPSA) is 33.3 Å². The summed E-state index contributed by atoms with van der Waals surface area (Å²) in [6, 6.07) is 6.18. The lowest BCUT2D eigenvalue weighted by atomic mass is 10.1. The van der Waals surface area contributed by atoms with Crippen LogP contribution in [-0.4, -0.2) is 24.4 Å². The smallest absolute Gasteiger partial charge is 0.170 e. The van der Waals surface area contributed by atoms with Crippen LogP contribution in [0.4, 0.5) is 5.69 Å². The maximum Gasteiger partial charge on any atom is 0.170 e. The van der Waals surface area contributed by atoms with Gasteiger partial charge in [-0.15, -0.1) is 0 Å². The Balaban J connectivity index is 1.84. The first-order valence-corrected chi connectivity index (χ1v) is 6.80. The number of hydrogen-bond donors (Lipinski definition) is 2. The molecule has 98 valence electrons. The van der Waals surface area contributed by atoms with Gasteiger partial charge in [0.2, 0.25) is 0 Å². The van der Waals surface area contributed by atoms with Gasteiger partial charge >= 0.3 is 0 Å². The highest BCUT2D eigenvalue weighted by Gasteiger charge is 2.15. The standard InChI is InChI=1S/C14H20N2OS/c1-10-5-3-7-13(11(10)2)16-14(18)15-9-12-6-4-8-17-12/h3,5,7,12H,4,6,8-9H2,1-2H3,(H2,15,16,18)/t12-/m0/s1. The summed E-state index contributed by atoms with van der Waals surface area (Å²) in [5, 5.41) is 7.12. The molecule has 1 aromatic rings. The highest BCUT2D eigenvalue weighted by molar-refractivity contribution is 7.80. The number of benzene rings is 1. The van der Waals surface area contributed by atoms with E-state index in [0.717, 1.165) is 31.7 Å². The van der Waals surface area contributed by atoms with Crippen molar-refractivity contribution in [1.29, 1.82) is 0 Å². The van der Waals surface area contributed by atoms with Gasteiger partial charge in [0.1, 0.15) is 0 Å². The van der Waals surface area contributed by atoms with Crippen LogP contribution in [-0.2, 0) is 4.74 Å². The zero-order chi connectivity index (χ0) is 13.0. The number of anilines is 1. The number of aryl methyl sites for hydroxylation is 1. The highest BCUT2D eigenvalue weighted by Crippen LogP contribution is 2.17. The van der Waals surface area contributed by atoms with E-state index in [-0.39, 0.29) is 0 Å². The third-order valence-corrected chi connectivity index (χ3v) is 3.61. The molecule has 1 heterocycles. The van der Waals surface area contributed by atoms with E-state index in [9.17, 15) is 0 Å². The van der Waals surface area contributed by atoms with Crippen LogP contribution in [0.25, 0.3) is 0 Å². The summed E-state index contributed by atoms with van der Waals surface area (Å²) in [6.45, 7) is 5.87. The van der Waals surface area contributed by atoms with Crippen LogP contribution in [0.3, 0.4) is 0 Å². The van der Waals surface area contributed by atoms with Crippen molar-refractivity contribution in [3.63, 3.8) is 0 Å². The molecule has 0 aliphatic carbocycles. The van der Waals surface area contributed by atoms with E-state index >= 15 is 0 Å². The number of thiocarbonyl (C=S) groups is 1. The molecule has 0 amide bonds. The van der Waals surface area contributed by atoms with Gasteiger partial charge in [0.25, 0.3) is 0 Å². The quantitative estimate of drug-likeness (QED) is 0.823. The van der Waals surface area contributed by atoms with Crippen molar-refractivity contribution in [2.75, 3.05) is 18.5 Å². The Morgan fingerprint density at radius 1 is 1.44 bits per heavy atom. The molecule has 4 heteroatoms. The zero-order valence-corrected chi connectivity index (χ0v) is 11.8. The summed E-state index contributed by atoms with van der Waals surface area (Å²) in [6.07, 6.45) is 2.59. The predicted octanol–water partition coefficient (Wildman–Crippen LogP) is 2.77. The van der Waals surface area contributed by atoms with Gasteiger partial charge in [0.05, 0.1) is 6.10 Å². The van der Waals surface area contributed by atoms with Crippen LogP contribution < -0.4 is 10.6 Å². The molecular formula is C14H20N2OS. The summed E-state index contributed by atoms with van der Waals surface area (Å²) < 4.78 is 5.55. The molecule has 0 radical (unpaired) electrons. The summed E-state index contributed by atoms with van der Waals surface area (Å²) in [5.41, 5.74) is 3.57. The number of ether oxygens (including phenoxy) is 1. The Hall–Kier alpha value is -1.13. The van der Waals surface area contributed by atoms with Gasteiger partial charge in [-0.25, -0.2) is 0 Å². The van der Waals surface area contributed by atoms with Crippen LogP contribution in [0.15, 0.2) is 18.2 Å². The summed E-state index contributed by atoms with van der Waals surface area (Å²) in [5.74, 6) is 0. The molecule has 0 spiro atoms. The molecule has 1 atom stereocenters. The summed E-state index contributed by atoms with van der Waals surface area (Å²) in [4.78, 5) is 0. The maximum absolute atomic E-state index is 5.55. The Labute approximate surface area is 114 Å². The molecule has 0 unspecified atom stereocenters. The van der Waals surface area contributed by atoms with Gasteiger partial charge in [-0.2, -0.15) is 0 Å². The van der Waals surface area contributed by atoms with Crippen molar-refractivity contribution in [3.05, 3.63) is 29.3 Å². The SMILES string of the molecule is Cc1cccc(NC(=S)NC[C@@H]2CCCO2)c1C. The fourth-order valence-corrected chi connectivity index (χ4v) is 2.26. The van der Waals surface area contributed by atoms with E-state index in [1.807, 2.05) is 12.1 Å². The lowest BCUT2D eigenvalue weighted by molar-refractivity contribution is 0.114. The number of rotatable bonds is 3. The van der Waals surface area contributed by atoms with Gasteiger partial charge in [-0.3, -0.25) is 0 Å². The van der Waals surface area contributed by atoms with Gasteiger partial charge in [-0.1, -0.05) is 12.1 Å². The normalized spacial score (nSPS) is 18.7. The maximum atomic E-state index is 5.55. The second-order valence-corrected chi connectivity index (χ2v) is 5.13. The van der Waals surface area contributed by atoms with Crippen LogP contribution >= 0.6 is 12.2 Å². The van der Waals surface area contributed by atoms with Crippen LogP contribution in [0.1, 0.15) is 24.0 Å². The first kappa shape index (κ1) is 13.3. The van der Waals surface area contributed by atoms with Crippen LogP contribution in [0.2, 0.25) is 0 Å². The predicted molar refractivity (Wildman–Crippen MR) is 79.1 cm³/mol. The van der Waals surface area contributed by atoms with Crippen molar-refractivity contribution in [2.24, 2.45) is 0 Å². The molecule has 0 saturated carbocycles. The van der Waals surface area contributed by atoms with E-state index in [1.165, 1.54) is 11.1 Å². The fourth-order valence-electron chi connectivity index (χ4n) is 2.06. The minimum absolute atomic E-state index is 0.309. The Bertz CT molecular complexity index is 428. The van der Waals surface area contributed by atoms with Crippen molar-refractivity contribution in [1.82, 2.24) is 5.32 Å². The molecule has 1 aliphatic rings. The fraction of sp³-hybridized carbons (Fsp3) is 0.500. The number of nitrogens with one attached hydrogen (secondary N) is 2. The van der Waals surface area contributed by atoms with E-state index in [1.54, 1.807) is 0 Å². The zero-order valence-electron chi connectivity index (χ0n) is 11.0. The third kappa shape index (κ3) is 3.43. The minimum Gasteiger partial charge on any atom is -0.376 e. The van der Waals surface area contributed by atoms with E-state index < -0.39 is 0 Å². The van der Waals surface area contributed by atoms with Crippen molar-refractivity contribution >= 4 is 23.0 Å². The van der Waals surface area contributed by atoms with E-state index in [0.29, 0.717) is 11.2 Å². The molecule has 3 nitrogen and oxygen atoms in total. The lowest BCUT2D eigenvalue weighted by Crippen LogP contribution is -2.35. The Kier molecular flexibility index (Phi) is 4.55. The van der Waals surface area contributed by atoms with Crippen LogP contribution in [0.5, 0.6) is 0 Å². The van der Waals surface area contributed by atoms with Crippen molar-refractivity contribution in [3.8, 4) is 0 Å². The molecule has 0 bridgehead atoms. The summed E-state index contributed by atoms with van der Waals surface area (Å²) in [7, 11) is 0. The molecule has 2 N–H and O–H groups in total. The van der Waals surface area contributed by atoms with Gasteiger partial charge in [-0.05, 0) is 56.1 Å². The summed E-state index contributed by atoms with van der Waals surface area (Å²) >= 11 is 5.30. The molecule has 18 heavy (non-hydrogen) atoms. The Morgan fingerprint density at radius 3 is 3.00 bits per heavy atom. The van der Waals surface area contributed by atoms with Crippen molar-refractivity contribution in [2.45, 2.75) is 32.8 Å².